The molecule has 27 heavy (non-hydrogen) atoms. The molecule has 6 nitrogen and oxygen atoms in total. The van der Waals surface area contributed by atoms with Crippen molar-refractivity contribution in [1.82, 2.24) is 9.88 Å². The zero-order valence-corrected chi connectivity index (χ0v) is 16.7. The predicted octanol–water partition coefficient (Wildman–Crippen LogP) is 4.21. The number of thiophene rings is 1. The minimum absolute atomic E-state index is 0.0412. The number of benzene rings is 1. The van der Waals surface area contributed by atoms with Gasteiger partial charge in [0.25, 0.3) is 0 Å². The lowest BCUT2D eigenvalue weighted by Gasteiger charge is -2.36. The van der Waals surface area contributed by atoms with Crippen LogP contribution in [0.25, 0.3) is 10.6 Å². The van der Waals surface area contributed by atoms with Gasteiger partial charge in [0.05, 0.1) is 17.7 Å². The van der Waals surface area contributed by atoms with E-state index < -0.39 is 0 Å². The van der Waals surface area contributed by atoms with E-state index in [0.717, 1.165) is 40.9 Å². The fourth-order valence-corrected chi connectivity index (χ4v) is 5.10. The number of nitrogens with one attached hydrogen (secondary N) is 1. The second-order valence-electron chi connectivity index (χ2n) is 6.51. The maximum absolute atomic E-state index is 5.75. The van der Waals surface area contributed by atoms with Crippen LogP contribution in [0.5, 0.6) is 17.2 Å². The Balaban J connectivity index is 1.52. The molecule has 8 heteroatoms. The van der Waals surface area contributed by atoms with Gasteiger partial charge >= 0.3 is 0 Å². The van der Waals surface area contributed by atoms with Crippen LogP contribution in [0, 0.1) is 0 Å². The first kappa shape index (κ1) is 16.9. The van der Waals surface area contributed by atoms with Gasteiger partial charge in [0.15, 0.2) is 16.6 Å². The number of ether oxygens (including phenoxy) is 3. The number of rotatable bonds is 4. The SMILES string of the molecule is COc1c2c(cc3c1[C@@H](Nc1nc(-c4cccs4)cs1)N(C)CC3)OCO2. The quantitative estimate of drug-likeness (QED) is 0.707. The predicted molar refractivity (Wildman–Crippen MR) is 107 cm³/mol. The van der Waals surface area contributed by atoms with Crippen LogP contribution >= 0.6 is 22.7 Å². The zero-order chi connectivity index (χ0) is 18.4. The number of fused-ring (bicyclic) bond motifs is 2. The third-order valence-electron chi connectivity index (χ3n) is 4.93. The van der Waals surface area contributed by atoms with E-state index in [2.05, 4.69) is 40.2 Å². The van der Waals surface area contributed by atoms with E-state index in [1.807, 2.05) is 6.07 Å². The van der Waals surface area contributed by atoms with E-state index >= 15 is 0 Å². The normalized spacial score (nSPS) is 18.4. The molecule has 0 bridgehead atoms. The summed E-state index contributed by atoms with van der Waals surface area (Å²) in [5, 5.41) is 8.65. The molecule has 4 heterocycles. The number of methoxy groups -OCH3 is 1. The van der Waals surface area contributed by atoms with Gasteiger partial charge in [0.2, 0.25) is 12.5 Å². The summed E-state index contributed by atoms with van der Waals surface area (Å²) in [6.07, 6.45) is 0.899. The van der Waals surface area contributed by atoms with E-state index in [1.165, 1.54) is 10.4 Å². The van der Waals surface area contributed by atoms with Gasteiger partial charge in [0.1, 0.15) is 6.17 Å². The monoisotopic (exact) mass is 401 g/mol. The Labute approximate surface area is 165 Å². The summed E-state index contributed by atoms with van der Waals surface area (Å²) >= 11 is 3.32. The van der Waals surface area contributed by atoms with Crippen molar-refractivity contribution in [2.75, 3.05) is 32.8 Å². The van der Waals surface area contributed by atoms with Crippen molar-refractivity contribution in [3.05, 3.63) is 40.1 Å². The number of anilines is 1. The van der Waals surface area contributed by atoms with Gasteiger partial charge in [-0.25, -0.2) is 4.98 Å². The van der Waals surface area contributed by atoms with Crippen LogP contribution in [0.15, 0.2) is 29.0 Å². The van der Waals surface area contributed by atoms with E-state index in [4.69, 9.17) is 19.2 Å². The maximum atomic E-state index is 5.75. The van der Waals surface area contributed by atoms with Crippen LogP contribution in [-0.2, 0) is 6.42 Å². The molecule has 0 amide bonds. The van der Waals surface area contributed by atoms with E-state index in [0.29, 0.717) is 5.75 Å². The average molecular weight is 402 g/mol. The lowest BCUT2D eigenvalue weighted by Crippen LogP contribution is -2.37. The Bertz CT molecular complexity index is 971. The smallest absolute Gasteiger partial charge is 0.231 e. The molecule has 5 rings (SSSR count). The molecule has 2 aliphatic rings. The first-order chi connectivity index (χ1) is 13.2. The van der Waals surface area contributed by atoms with Gasteiger partial charge in [-0.05, 0) is 36.5 Å². The minimum Gasteiger partial charge on any atom is -0.492 e. The summed E-state index contributed by atoms with van der Waals surface area (Å²) in [6.45, 7) is 1.18. The molecule has 0 aliphatic carbocycles. The molecule has 1 atom stereocenters. The summed E-state index contributed by atoms with van der Waals surface area (Å²) in [5.41, 5.74) is 3.33. The summed E-state index contributed by atoms with van der Waals surface area (Å²) < 4.78 is 17.0. The Morgan fingerprint density at radius 3 is 3.07 bits per heavy atom. The molecular weight excluding hydrogens is 382 g/mol. The minimum atomic E-state index is -0.0412. The van der Waals surface area contributed by atoms with Crippen molar-refractivity contribution in [3.8, 4) is 27.8 Å². The standard InChI is InChI=1S/C19H19N3O3S2/c1-22-6-5-11-8-13-16(25-10-24-13)17(23-2)15(11)18(22)21-19-20-12(9-27-19)14-4-3-7-26-14/h3-4,7-9,18H,5-6,10H2,1-2H3,(H,20,21)/t18-/m0/s1. The van der Waals surface area contributed by atoms with Gasteiger partial charge in [-0.15, -0.1) is 22.7 Å². The molecule has 3 aromatic rings. The largest absolute Gasteiger partial charge is 0.492 e. The fraction of sp³-hybridized carbons (Fsp3) is 0.316. The van der Waals surface area contributed by atoms with E-state index in [-0.39, 0.29) is 13.0 Å². The Hall–Kier alpha value is -2.29. The topological polar surface area (TPSA) is 55.9 Å². The maximum Gasteiger partial charge on any atom is 0.231 e. The van der Waals surface area contributed by atoms with Gasteiger partial charge in [-0.2, -0.15) is 0 Å². The average Bonchev–Trinajstić information content (AvgIpc) is 3.43. The second-order valence-corrected chi connectivity index (χ2v) is 8.31. The number of hydrogen-bond acceptors (Lipinski definition) is 8. The van der Waals surface area contributed by atoms with Crippen LogP contribution in [0.3, 0.4) is 0 Å². The van der Waals surface area contributed by atoms with Crippen molar-refractivity contribution in [1.29, 1.82) is 0 Å². The molecule has 0 fully saturated rings. The third-order valence-corrected chi connectivity index (χ3v) is 6.60. The zero-order valence-electron chi connectivity index (χ0n) is 15.0. The summed E-state index contributed by atoms with van der Waals surface area (Å²) in [6, 6.07) is 6.22. The first-order valence-corrected chi connectivity index (χ1v) is 10.5. The van der Waals surface area contributed by atoms with Crippen molar-refractivity contribution in [2.45, 2.75) is 12.6 Å². The molecule has 2 aromatic heterocycles. The summed E-state index contributed by atoms with van der Waals surface area (Å²) in [5.74, 6) is 2.21. The van der Waals surface area contributed by atoms with Gasteiger partial charge in [-0.3, -0.25) is 4.90 Å². The number of hydrogen-bond donors (Lipinski definition) is 1. The van der Waals surface area contributed by atoms with E-state index in [1.54, 1.807) is 29.8 Å². The van der Waals surface area contributed by atoms with Crippen molar-refractivity contribution < 1.29 is 14.2 Å². The van der Waals surface area contributed by atoms with Gasteiger partial charge in [0, 0.05) is 17.5 Å². The highest BCUT2D eigenvalue weighted by atomic mass is 32.1. The molecule has 0 spiro atoms. The summed E-state index contributed by atoms with van der Waals surface area (Å²) in [7, 11) is 3.79. The molecule has 0 saturated heterocycles. The molecule has 140 valence electrons. The van der Waals surface area contributed by atoms with Crippen molar-refractivity contribution >= 4 is 27.8 Å². The Morgan fingerprint density at radius 1 is 1.33 bits per heavy atom. The highest BCUT2D eigenvalue weighted by molar-refractivity contribution is 7.15. The molecule has 0 saturated carbocycles. The lowest BCUT2D eigenvalue weighted by molar-refractivity contribution is 0.170. The highest BCUT2D eigenvalue weighted by Gasteiger charge is 2.34. The van der Waals surface area contributed by atoms with Crippen LogP contribution in [0.1, 0.15) is 17.3 Å². The second kappa shape index (κ2) is 6.70. The van der Waals surface area contributed by atoms with Gasteiger partial charge < -0.3 is 19.5 Å². The van der Waals surface area contributed by atoms with Crippen LogP contribution in [0.4, 0.5) is 5.13 Å². The van der Waals surface area contributed by atoms with Crippen LogP contribution < -0.4 is 19.5 Å². The number of aromatic nitrogens is 1. The fourth-order valence-electron chi connectivity index (χ4n) is 3.61. The number of thiazole rings is 1. The first-order valence-electron chi connectivity index (χ1n) is 8.70. The number of nitrogens with zero attached hydrogens (tertiary/aromatic N) is 2. The summed E-state index contributed by atoms with van der Waals surface area (Å²) in [4.78, 5) is 8.23. The van der Waals surface area contributed by atoms with Gasteiger partial charge in [-0.1, -0.05) is 6.07 Å². The molecule has 1 aromatic carbocycles. The molecule has 2 aliphatic heterocycles. The van der Waals surface area contributed by atoms with Crippen molar-refractivity contribution in [3.63, 3.8) is 0 Å². The molecule has 0 radical (unpaired) electrons. The highest BCUT2D eigenvalue weighted by Crippen LogP contribution is 2.49. The molecular formula is C19H19N3O3S2. The van der Waals surface area contributed by atoms with E-state index in [9.17, 15) is 0 Å². The van der Waals surface area contributed by atoms with Crippen LogP contribution in [-0.4, -0.2) is 37.4 Å². The molecule has 0 unspecified atom stereocenters. The lowest BCUT2D eigenvalue weighted by atomic mass is 9.95. The van der Waals surface area contributed by atoms with Crippen molar-refractivity contribution in [2.24, 2.45) is 0 Å². The van der Waals surface area contributed by atoms with Crippen LogP contribution in [0.2, 0.25) is 0 Å². The number of likely N-dealkylation sites (N-methyl/N-ethyl adjacent to an activating group) is 1. The Kier molecular flexibility index (Phi) is 4.18. The Morgan fingerprint density at radius 2 is 2.26 bits per heavy atom. The molecule has 1 N–H and O–H groups in total. The third kappa shape index (κ3) is 2.84.